The molecule has 7 nitrogen and oxygen atoms in total. The van der Waals surface area contributed by atoms with Gasteiger partial charge >= 0.3 is 6.09 Å². The van der Waals surface area contributed by atoms with Crippen LogP contribution in [0.3, 0.4) is 0 Å². The fourth-order valence-corrected chi connectivity index (χ4v) is 3.85. The number of carbonyl (C=O) groups excluding carboxylic acids is 2. The third-order valence-electron chi connectivity index (χ3n) is 5.10. The Hall–Kier alpha value is -1.89. The Morgan fingerprint density at radius 2 is 1.88 bits per heavy atom. The van der Waals surface area contributed by atoms with Gasteiger partial charge in [0.25, 0.3) is 5.91 Å². The van der Waals surface area contributed by atoms with Crippen LogP contribution in [0.15, 0.2) is 16.6 Å². The molecule has 2 N–H and O–H groups in total. The number of carbonyl (C=O) groups is 2. The Morgan fingerprint density at radius 3 is 2.38 bits per heavy atom. The molecule has 3 rings (SSSR count). The van der Waals surface area contributed by atoms with Gasteiger partial charge in [0.1, 0.15) is 11.3 Å². The van der Waals surface area contributed by atoms with Gasteiger partial charge in [-0.05, 0) is 47.0 Å². The van der Waals surface area contributed by atoms with E-state index in [9.17, 15) is 9.59 Å². The van der Waals surface area contributed by atoms with E-state index in [4.69, 9.17) is 10.5 Å². The average molecular weight is 362 g/mol. The zero-order valence-electron chi connectivity index (χ0n) is 16.2. The van der Waals surface area contributed by atoms with Gasteiger partial charge in [0.05, 0.1) is 17.7 Å². The molecule has 3 heterocycles. The van der Waals surface area contributed by atoms with Crippen molar-refractivity contribution in [3.05, 3.63) is 11.6 Å². The van der Waals surface area contributed by atoms with Gasteiger partial charge in [0.15, 0.2) is 0 Å². The summed E-state index contributed by atoms with van der Waals surface area (Å²) in [5.41, 5.74) is 5.42. The highest BCUT2D eigenvalue weighted by atomic mass is 16.6. The predicted molar refractivity (Wildman–Crippen MR) is 99.9 cm³/mol. The number of fused-ring (bicyclic) bond motifs is 2. The maximum atomic E-state index is 12.9. The second-order valence-electron chi connectivity index (χ2n) is 8.82. The molecule has 0 aromatic carbocycles. The van der Waals surface area contributed by atoms with E-state index in [0.29, 0.717) is 25.1 Å². The van der Waals surface area contributed by atoms with Crippen molar-refractivity contribution >= 4 is 18.2 Å². The van der Waals surface area contributed by atoms with Crippen LogP contribution in [-0.2, 0) is 9.53 Å². The zero-order valence-corrected chi connectivity index (χ0v) is 16.2. The summed E-state index contributed by atoms with van der Waals surface area (Å²) < 4.78 is 5.59. The SMILES string of the molecule is CC1(N)CC=C(C(=O)N2CC3CCCC(C2)N3C(=O)OC(C)(C)C)C=N1. The Bertz CT molecular complexity index is 634. The lowest BCUT2D eigenvalue weighted by molar-refractivity contribution is -0.132. The highest BCUT2D eigenvalue weighted by molar-refractivity contribution is 6.12. The number of piperidine rings is 1. The van der Waals surface area contributed by atoms with Crippen LogP contribution in [0.4, 0.5) is 4.79 Å². The van der Waals surface area contributed by atoms with Crippen molar-refractivity contribution in [2.24, 2.45) is 10.7 Å². The first-order valence-corrected chi connectivity index (χ1v) is 9.41. The van der Waals surface area contributed by atoms with E-state index < -0.39 is 11.3 Å². The van der Waals surface area contributed by atoms with Crippen molar-refractivity contribution in [3.8, 4) is 0 Å². The van der Waals surface area contributed by atoms with Crippen molar-refractivity contribution in [1.29, 1.82) is 0 Å². The van der Waals surface area contributed by atoms with Gasteiger partial charge in [-0.1, -0.05) is 6.08 Å². The minimum Gasteiger partial charge on any atom is -0.444 e. The number of dihydropyridines is 1. The number of rotatable bonds is 1. The van der Waals surface area contributed by atoms with Gasteiger partial charge in [-0.3, -0.25) is 14.7 Å². The summed E-state index contributed by atoms with van der Waals surface area (Å²) in [7, 11) is 0. The largest absolute Gasteiger partial charge is 0.444 e. The molecule has 2 saturated heterocycles. The standard InChI is InChI=1S/C19H30N4O3/c1-18(2,3)26-17(25)23-14-6-5-7-15(23)12-22(11-14)16(24)13-8-9-19(4,20)21-10-13/h8,10,14-15H,5-7,9,11-12,20H2,1-4H3. The Morgan fingerprint density at radius 1 is 1.27 bits per heavy atom. The summed E-state index contributed by atoms with van der Waals surface area (Å²) in [6.07, 6.45) is 6.60. The predicted octanol–water partition coefficient (Wildman–Crippen LogP) is 2.06. The summed E-state index contributed by atoms with van der Waals surface area (Å²) in [6.45, 7) is 8.55. The lowest BCUT2D eigenvalue weighted by atomic mass is 9.91. The van der Waals surface area contributed by atoms with Gasteiger partial charge in [-0.2, -0.15) is 0 Å². The second kappa shape index (κ2) is 6.68. The number of nitrogens with zero attached hydrogens (tertiary/aromatic N) is 3. The van der Waals surface area contributed by atoms with Crippen LogP contribution >= 0.6 is 0 Å². The number of ether oxygens (including phenoxy) is 1. The topological polar surface area (TPSA) is 88.2 Å². The van der Waals surface area contributed by atoms with Crippen molar-refractivity contribution < 1.29 is 14.3 Å². The lowest BCUT2D eigenvalue weighted by Gasteiger charge is -2.49. The number of nitrogens with two attached hydrogens (primary N) is 1. The molecule has 2 amide bonds. The fraction of sp³-hybridized carbons (Fsp3) is 0.737. The highest BCUT2D eigenvalue weighted by Crippen LogP contribution is 2.31. The fourth-order valence-electron chi connectivity index (χ4n) is 3.85. The first kappa shape index (κ1) is 18.9. The van der Waals surface area contributed by atoms with Gasteiger partial charge in [-0.25, -0.2) is 4.79 Å². The molecule has 3 unspecified atom stereocenters. The number of amides is 2. The molecule has 0 aromatic rings. The van der Waals surface area contributed by atoms with E-state index in [1.165, 1.54) is 0 Å². The summed E-state index contributed by atoms with van der Waals surface area (Å²) >= 11 is 0. The lowest BCUT2D eigenvalue weighted by Crippen LogP contribution is -2.64. The van der Waals surface area contributed by atoms with Gasteiger partial charge in [-0.15, -0.1) is 0 Å². The molecule has 3 aliphatic heterocycles. The number of likely N-dealkylation sites (tertiary alicyclic amines) is 1. The summed E-state index contributed by atoms with van der Waals surface area (Å²) in [6, 6.07) is 0.0319. The molecule has 0 aliphatic carbocycles. The van der Waals surface area contributed by atoms with Gasteiger partial charge in [0, 0.05) is 25.7 Å². The Kier molecular flexibility index (Phi) is 4.86. The molecule has 2 fully saturated rings. The molecule has 144 valence electrons. The smallest absolute Gasteiger partial charge is 0.410 e. The minimum absolute atomic E-state index is 0.0159. The average Bonchev–Trinajstić information content (AvgIpc) is 2.51. The van der Waals surface area contributed by atoms with Crippen LogP contribution < -0.4 is 5.73 Å². The molecule has 26 heavy (non-hydrogen) atoms. The Balaban J connectivity index is 1.70. The molecular weight excluding hydrogens is 332 g/mol. The summed E-state index contributed by atoms with van der Waals surface area (Å²) in [5, 5.41) is 0. The molecule has 3 aliphatic rings. The van der Waals surface area contributed by atoms with Crippen LogP contribution in [0, 0.1) is 0 Å². The highest BCUT2D eigenvalue weighted by Gasteiger charge is 2.43. The molecule has 0 radical (unpaired) electrons. The molecule has 2 bridgehead atoms. The van der Waals surface area contributed by atoms with Crippen LogP contribution in [0.25, 0.3) is 0 Å². The van der Waals surface area contributed by atoms with Crippen LogP contribution in [-0.4, -0.2) is 64.5 Å². The van der Waals surface area contributed by atoms with E-state index in [0.717, 1.165) is 19.3 Å². The molecule has 0 aromatic heterocycles. The van der Waals surface area contributed by atoms with Crippen molar-refractivity contribution in [2.45, 2.75) is 76.7 Å². The monoisotopic (exact) mass is 362 g/mol. The third kappa shape index (κ3) is 4.09. The maximum Gasteiger partial charge on any atom is 0.410 e. The third-order valence-corrected chi connectivity index (χ3v) is 5.10. The molecule has 0 saturated carbocycles. The van der Waals surface area contributed by atoms with E-state index in [1.807, 2.05) is 43.6 Å². The number of hydrogen-bond donors (Lipinski definition) is 1. The van der Waals surface area contributed by atoms with Gasteiger partial charge in [0.2, 0.25) is 0 Å². The second-order valence-corrected chi connectivity index (χ2v) is 8.82. The number of hydrogen-bond acceptors (Lipinski definition) is 5. The summed E-state index contributed by atoms with van der Waals surface area (Å²) in [4.78, 5) is 33.5. The Labute approximate surface area is 155 Å². The van der Waals surface area contributed by atoms with Crippen LogP contribution in [0.5, 0.6) is 0 Å². The van der Waals surface area contributed by atoms with Crippen LogP contribution in [0.2, 0.25) is 0 Å². The van der Waals surface area contributed by atoms with E-state index in [-0.39, 0.29) is 24.1 Å². The first-order chi connectivity index (χ1) is 12.1. The quantitative estimate of drug-likeness (QED) is 0.773. The zero-order chi connectivity index (χ0) is 19.1. The summed E-state index contributed by atoms with van der Waals surface area (Å²) in [5.74, 6) is -0.0232. The molecule has 0 spiro atoms. The van der Waals surface area contributed by atoms with Crippen molar-refractivity contribution in [3.63, 3.8) is 0 Å². The molecule has 7 heteroatoms. The van der Waals surface area contributed by atoms with E-state index >= 15 is 0 Å². The van der Waals surface area contributed by atoms with Gasteiger partial charge < -0.3 is 15.4 Å². The number of aliphatic imine (C=N–C) groups is 1. The van der Waals surface area contributed by atoms with Crippen LogP contribution in [0.1, 0.15) is 53.4 Å². The number of piperazine rings is 1. The normalized spacial score (nSPS) is 31.5. The maximum absolute atomic E-state index is 12.9. The minimum atomic E-state index is -0.629. The van der Waals surface area contributed by atoms with Crippen molar-refractivity contribution in [1.82, 2.24) is 9.80 Å². The molecular formula is C19H30N4O3. The first-order valence-electron chi connectivity index (χ1n) is 9.41. The molecule has 3 atom stereocenters. The van der Waals surface area contributed by atoms with E-state index in [1.54, 1.807) is 6.21 Å². The van der Waals surface area contributed by atoms with Crippen molar-refractivity contribution in [2.75, 3.05) is 13.1 Å². The van der Waals surface area contributed by atoms with E-state index in [2.05, 4.69) is 4.99 Å².